The summed E-state index contributed by atoms with van der Waals surface area (Å²) in [4.78, 5) is 12.0. The molecule has 2 aromatic carbocycles. The summed E-state index contributed by atoms with van der Waals surface area (Å²) in [5.41, 5.74) is 1.73. The molecule has 122 valence electrons. The van der Waals surface area contributed by atoms with Crippen LogP contribution in [0.3, 0.4) is 0 Å². The van der Waals surface area contributed by atoms with E-state index in [1.54, 1.807) is 30.3 Å². The highest BCUT2D eigenvalue weighted by molar-refractivity contribution is 6.30. The molecule has 0 saturated heterocycles. The molecule has 0 radical (unpaired) electrons. The van der Waals surface area contributed by atoms with Crippen molar-refractivity contribution in [3.05, 3.63) is 77.0 Å². The van der Waals surface area contributed by atoms with Crippen LogP contribution in [0.5, 0.6) is 5.75 Å². The Hall–Kier alpha value is -2.72. The predicted molar refractivity (Wildman–Crippen MR) is 92.8 cm³/mol. The number of carbonyl (C=O) groups excluding carboxylic acids is 1. The van der Waals surface area contributed by atoms with Crippen LogP contribution >= 0.6 is 11.6 Å². The average molecular weight is 342 g/mol. The van der Waals surface area contributed by atoms with Crippen LogP contribution in [0, 0.1) is 0 Å². The van der Waals surface area contributed by atoms with Gasteiger partial charge in [0.15, 0.2) is 0 Å². The minimum atomic E-state index is -0.110. The van der Waals surface area contributed by atoms with E-state index >= 15 is 0 Å². The highest BCUT2D eigenvalue weighted by atomic mass is 35.5. The third-order valence-corrected chi connectivity index (χ3v) is 3.77. The molecule has 0 saturated carbocycles. The van der Waals surface area contributed by atoms with Gasteiger partial charge in [0, 0.05) is 10.6 Å². The quantitative estimate of drug-likeness (QED) is 0.732. The van der Waals surface area contributed by atoms with E-state index in [9.17, 15) is 9.90 Å². The number of aromatic hydroxyl groups is 1. The smallest absolute Gasteiger partial charge is 0.224 e. The first-order valence-electron chi connectivity index (χ1n) is 7.49. The normalized spacial score (nSPS) is 10.5. The van der Waals surface area contributed by atoms with Gasteiger partial charge in [0.2, 0.25) is 5.91 Å². The second kappa shape index (κ2) is 7.23. The van der Waals surface area contributed by atoms with E-state index in [1.165, 1.54) is 0 Å². The van der Waals surface area contributed by atoms with Gasteiger partial charge in [-0.2, -0.15) is 0 Å². The first kappa shape index (κ1) is 16.1. The number of phenols is 1. The van der Waals surface area contributed by atoms with Gasteiger partial charge >= 0.3 is 0 Å². The number of benzene rings is 2. The van der Waals surface area contributed by atoms with Crippen LogP contribution < -0.4 is 5.32 Å². The molecule has 3 rings (SSSR count). The summed E-state index contributed by atoms with van der Waals surface area (Å²) in [6.45, 7) is 0.317. The maximum Gasteiger partial charge on any atom is 0.224 e. The maximum atomic E-state index is 12.0. The van der Waals surface area contributed by atoms with Crippen LogP contribution in [0.4, 0.5) is 0 Å². The van der Waals surface area contributed by atoms with Gasteiger partial charge in [0.25, 0.3) is 0 Å². The molecule has 24 heavy (non-hydrogen) atoms. The number of hydrogen-bond donors (Lipinski definition) is 2. The zero-order chi connectivity index (χ0) is 16.9. The second-order valence-electron chi connectivity index (χ2n) is 5.40. The zero-order valence-electron chi connectivity index (χ0n) is 12.8. The Morgan fingerprint density at radius 1 is 1.08 bits per heavy atom. The van der Waals surface area contributed by atoms with Crippen molar-refractivity contribution in [3.63, 3.8) is 0 Å². The Balaban J connectivity index is 1.57. The lowest BCUT2D eigenvalue weighted by Gasteiger charge is -2.04. The minimum Gasteiger partial charge on any atom is -0.508 e. The number of hydrogen-bond acceptors (Lipinski definition) is 3. The van der Waals surface area contributed by atoms with Gasteiger partial charge in [-0.05, 0) is 42.0 Å². The molecule has 1 heterocycles. The number of furan rings is 1. The molecule has 0 atom stereocenters. The van der Waals surface area contributed by atoms with Gasteiger partial charge in [-0.25, -0.2) is 0 Å². The first-order valence-corrected chi connectivity index (χ1v) is 7.87. The molecule has 3 aromatic rings. The molecule has 0 bridgehead atoms. The van der Waals surface area contributed by atoms with Crippen LogP contribution in [0.15, 0.2) is 65.1 Å². The molecule has 0 fully saturated rings. The summed E-state index contributed by atoms with van der Waals surface area (Å²) < 4.78 is 5.73. The summed E-state index contributed by atoms with van der Waals surface area (Å²) in [6, 6.07) is 17.7. The average Bonchev–Trinajstić information content (AvgIpc) is 3.04. The van der Waals surface area contributed by atoms with Gasteiger partial charge in [-0.3, -0.25) is 4.79 Å². The van der Waals surface area contributed by atoms with Gasteiger partial charge < -0.3 is 14.8 Å². The molecule has 1 amide bonds. The standard InChI is InChI=1S/C19H16ClNO3/c20-15-3-1-2-14(11-15)18-9-8-17(24-18)12-21-19(23)10-13-4-6-16(22)7-5-13/h1-9,11,22H,10,12H2,(H,21,23). The third kappa shape index (κ3) is 4.18. The zero-order valence-corrected chi connectivity index (χ0v) is 13.6. The number of phenolic OH excluding ortho intramolecular Hbond substituents is 1. The van der Waals surface area contributed by atoms with Gasteiger partial charge in [0.1, 0.15) is 17.3 Å². The summed E-state index contributed by atoms with van der Waals surface area (Å²) >= 11 is 5.98. The SMILES string of the molecule is O=C(Cc1ccc(O)cc1)NCc1ccc(-c2cccc(Cl)c2)o1. The van der Waals surface area contributed by atoms with Crippen molar-refractivity contribution in [2.24, 2.45) is 0 Å². The third-order valence-electron chi connectivity index (χ3n) is 3.53. The van der Waals surface area contributed by atoms with E-state index in [1.807, 2.05) is 30.3 Å². The number of carbonyl (C=O) groups is 1. The van der Waals surface area contributed by atoms with Crippen molar-refractivity contribution in [2.75, 3.05) is 0 Å². The molecule has 0 unspecified atom stereocenters. The van der Waals surface area contributed by atoms with Crippen LogP contribution in [-0.4, -0.2) is 11.0 Å². The fourth-order valence-corrected chi connectivity index (χ4v) is 2.51. The number of halogens is 1. The van der Waals surface area contributed by atoms with Crippen LogP contribution in [0.25, 0.3) is 11.3 Å². The van der Waals surface area contributed by atoms with E-state index in [2.05, 4.69) is 5.32 Å². The highest BCUT2D eigenvalue weighted by Crippen LogP contribution is 2.24. The molecule has 0 aliphatic rings. The molecule has 1 aromatic heterocycles. The number of rotatable bonds is 5. The Labute approximate surface area is 144 Å². The van der Waals surface area contributed by atoms with Gasteiger partial charge in [0.05, 0.1) is 13.0 Å². The Morgan fingerprint density at radius 3 is 2.62 bits per heavy atom. The van der Waals surface area contributed by atoms with Crippen LogP contribution in [0.2, 0.25) is 5.02 Å². The van der Waals surface area contributed by atoms with E-state index in [-0.39, 0.29) is 18.1 Å². The van der Waals surface area contributed by atoms with E-state index < -0.39 is 0 Å². The second-order valence-corrected chi connectivity index (χ2v) is 5.83. The van der Waals surface area contributed by atoms with Crippen LogP contribution in [-0.2, 0) is 17.8 Å². The van der Waals surface area contributed by atoms with Crippen molar-refractivity contribution in [2.45, 2.75) is 13.0 Å². The van der Waals surface area contributed by atoms with Crippen molar-refractivity contribution in [1.29, 1.82) is 0 Å². The molecule has 5 heteroatoms. The lowest BCUT2D eigenvalue weighted by atomic mass is 10.1. The first-order chi connectivity index (χ1) is 11.6. The van der Waals surface area contributed by atoms with Crippen molar-refractivity contribution < 1.29 is 14.3 Å². The van der Waals surface area contributed by atoms with E-state index in [4.69, 9.17) is 16.0 Å². The fraction of sp³-hybridized carbons (Fsp3) is 0.105. The molecule has 0 spiro atoms. The van der Waals surface area contributed by atoms with Crippen molar-refractivity contribution >= 4 is 17.5 Å². The lowest BCUT2D eigenvalue weighted by molar-refractivity contribution is -0.120. The monoisotopic (exact) mass is 341 g/mol. The highest BCUT2D eigenvalue weighted by Gasteiger charge is 2.08. The lowest BCUT2D eigenvalue weighted by Crippen LogP contribution is -2.24. The Kier molecular flexibility index (Phi) is 4.87. The molecular weight excluding hydrogens is 326 g/mol. The summed E-state index contributed by atoms with van der Waals surface area (Å²) in [5.74, 6) is 1.45. The molecular formula is C19H16ClNO3. The molecule has 2 N–H and O–H groups in total. The molecule has 4 nitrogen and oxygen atoms in total. The maximum absolute atomic E-state index is 12.0. The van der Waals surface area contributed by atoms with Crippen molar-refractivity contribution in [1.82, 2.24) is 5.32 Å². The summed E-state index contributed by atoms with van der Waals surface area (Å²) in [5, 5.41) is 12.7. The van der Waals surface area contributed by atoms with Gasteiger partial charge in [-0.15, -0.1) is 0 Å². The number of nitrogens with one attached hydrogen (secondary N) is 1. The fourth-order valence-electron chi connectivity index (χ4n) is 2.32. The minimum absolute atomic E-state index is 0.110. The summed E-state index contributed by atoms with van der Waals surface area (Å²) in [6.07, 6.45) is 0.252. The Morgan fingerprint density at radius 2 is 1.88 bits per heavy atom. The van der Waals surface area contributed by atoms with E-state index in [0.29, 0.717) is 23.1 Å². The van der Waals surface area contributed by atoms with Crippen molar-refractivity contribution in [3.8, 4) is 17.1 Å². The van der Waals surface area contributed by atoms with E-state index in [0.717, 1.165) is 11.1 Å². The Bertz CT molecular complexity index is 840. The predicted octanol–water partition coefficient (Wildman–Crippen LogP) is 4.16. The molecule has 0 aliphatic carbocycles. The molecule has 0 aliphatic heterocycles. The van der Waals surface area contributed by atoms with Crippen LogP contribution in [0.1, 0.15) is 11.3 Å². The topological polar surface area (TPSA) is 62.5 Å². The number of amides is 1. The largest absolute Gasteiger partial charge is 0.508 e. The van der Waals surface area contributed by atoms with Gasteiger partial charge in [-0.1, -0.05) is 35.9 Å². The summed E-state index contributed by atoms with van der Waals surface area (Å²) in [7, 11) is 0.